The smallest absolute Gasteiger partial charge is 0.266 e. The fourth-order valence-electron chi connectivity index (χ4n) is 5.10. The first-order chi connectivity index (χ1) is 16.7. The van der Waals surface area contributed by atoms with Gasteiger partial charge in [-0.25, -0.2) is 23.1 Å². The van der Waals surface area contributed by atoms with Gasteiger partial charge in [-0.15, -0.1) is 0 Å². The SMILES string of the molecule is C[C@@H](Nc1nc(Cl)nc2c3c(c([C@]4(O)CC[C@@H](O)CC4)cc12)OCC3)c1cccc(C(F)F)c1F. The number of alkyl halides is 2. The number of aromatic nitrogens is 2. The third kappa shape index (κ3) is 4.30. The molecule has 35 heavy (non-hydrogen) atoms. The molecule has 1 aliphatic heterocycles. The number of anilines is 1. The Labute approximate surface area is 205 Å². The van der Waals surface area contributed by atoms with Crippen molar-refractivity contribution in [2.45, 2.75) is 63.2 Å². The molecule has 1 atom stereocenters. The Morgan fingerprint density at radius 2 is 1.91 bits per heavy atom. The Morgan fingerprint density at radius 1 is 1.20 bits per heavy atom. The van der Waals surface area contributed by atoms with Crippen LogP contribution < -0.4 is 10.1 Å². The number of benzene rings is 2. The molecular weight excluding hydrogens is 483 g/mol. The number of fused-ring (bicyclic) bond motifs is 3. The molecule has 3 aromatic rings. The highest BCUT2D eigenvalue weighted by atomic mass is 35.5. The molecule has 0 unspecified atom stereocenters. The molecule has 1 saturated carbocycles. The van der Waals surface area contributed by atoms with E-state index in [0.29, 0.717) is 66.7 Å². The number of aliphatic hydroxyl groups excluding tert-OH is 1. The Bertz CT molecular complexity index is 1280. The van der Waals surface area contributed by atoms with Crippen LogP contribution in [-0.2, 0) is 12.0 Å². The van der Waals surface area contributed by atoms with E-state index in [4.69, 9.17) is 16.3 Å². The number of hydrogen-bond acceptors (Lipinski definition) is 6. The molecule has 6 nitrogen and oxygen atoms in total. The zero-order chi connectivity index (χ0) is 24.9. The summed E-state index contributed by atoms with van der Waals surface area (Å²) in [4.78, 5) is 8.71. The zero-order valence-electron chi connectivity index (χ0n) is 19.0. The van der Waals surface area contributed by atoms with Crippen molar-refractivity contribution in [2.75, 3.05) is 11.9 Å². The molecule has 0 radical (unpaired) electrons. The number of halogens is 4. The molecule has 2 heterocycles. The van der Waals surface area contributed by atoms with Crippen molar-refractivity contribution in [3.8, 4) is 5.75 Å². The van der Waals surface area contributed by atoms with Crippen molar-refractivity contribution in [2.24, 2.45) is 0 Å². The highest BCUT2D eigenvalue weighted by Gasteiger charge is 2.39. The quantitative estimate of drug-likeness (QED) is 0.390. The minimum absolute atomic E-state index is 0.0321. The summed E-state index contributed by atoms with van der Waals surface area (Å²) in [5.74, 6) is -0.109. The largest absolute Gasteiger partial charge is 0.492 e. The van der Waals surface area contributed by atoms with E-state index in [9.17, 15) is 23.4 Å². The fourth-order valence-corrected chi connectivity index (χ4v) is 5.27. The predicted molar refractivity (Wildman–Crippen MR) is 126 cm³/mol. The molecule has 186 valence electrons. The van der Waals surface area contributed by atoms with Gasteiger partial charge in [-0.05, 0) is 50.3 Å². The van der Waals surface area contributed by atoms with Gasteiger partial charge in [0.15, 0.2) is 0 Å². The minimum Gasteiger partial charge on any atom is -0.492 e. The molecule has 10 heteroatoms. The molecule has 0 saturated heterocycles. The second-order valence-electron chi connectivity index (χ2n) is 9.25. The van der Waals surface area contributed by atoms with Gasteiger partial charge < -0.3 is 20.3 Å². The molecule has 1 aromatic heterocycles. The summed E-state index contributed by atoms with van der Waals surface area (Å²) in [5.41, 5.74) is 0.148. The molecule has 3 N–H and O–H groups in total. The summed E-state index contributed by atoms with van der Waals surface area (Å²) < 4.78 is 47.1. The fraction of sp³-hybridized carbons (Fsp3) is 0.440. The highest BCUT2D eigenvalue weighted by Crippen LogP contribution is 2.47. The van der Waals surface area contributed by atoms with Crippen molar-refractivity contribution < 1.29 is 28.1 Å². The second kappa shape index (κ2) is 9.11. The first-order valence-corrected chi connectivity index (χ1v) is 12.0. The number of ether oxygens (including phenoxy) is 1. The monoisotopic (exact) mass is 507 g/mol. The van der Waals surface area contributed by atoms with Gasteiger partial charge in [0, 0.05) is 28.5 Å². The van der Waals surface area contributed by atoms with Gasteiger partial charge >= 0.3 is 0 Å². The average Bonchev–Trinajstić information content (AvgIpc) is 3.31. The number of rotatable bonds is 5. The van der Waals surface area contributed by atoms with E-state index in [0.717, 1.165) is 11.6 Å². The normalized spacial score (nSPS) is 22.8. The Kier molecular flexibility index (Phi) is 6.27. The third-order valence-corrected chi connectivity index (χ3v) is 7.18. The van der Waals surface area contributed by atoms with E-state index in [2.05, 4.69) is 15.3 Å². The Balaban J connectivity index is 1.61. The van der Waals surface area contributed by atoms with Crippen LogP contribution in [0.2, 0.25) is 5.28 Å². The van der Waals surface area contributed by atoms with E-state index < -0.39 is 35.6 Å². The summed E-state index contributed by atoms with van der Waals surface area (Å²) in [6.07, 6.45) is -1.17. The number of nitrogens with one attached hydrogen (secondary N) is 1. The molecule has 1 fully saturated rings. The van der Waals surface area contributed by atoms with Gasteiger partial charge in [-0.2, -0.15) is 0 Å². The van der Waals surface area contributed by atoms with Gasteiger partial charge in [0.05, 0.1) is 35.4 Å². The second-order valence-corrected chi connectivity index (χ2v) is 9.59. The number of hydrogen-bond donors (Lipinski definition) is 3. The van der Waals surface area contributed by atoms with Crippen molar-refractivity contribution in [3.63, 3.8) is 0 Å². The van der Waals surface area contributed by atoms with E-state index in [1.54, 1.807) is 13.0 Å². The first kappa shape index (κ1) is 24.1. The summed E-state index contributed by atoms with van der Waals surface area (Å²) >= 11 is 6.23. The van der Waals surface area contributed by atoms with Crippen molar-refractivity contribution >= 4 is 28.3 Å². The molecule has 2 aliphatic rings. The molecule has 5 rings (SSSR count). The van der Waals surface area contributed by atoms with E-state index >= 15 is 0 Å². The van der Waals surface area contributed by atoms with Crippen molar-refractivity contribution in [1.82, 2.24) is 9.97 Å². The van der Waals surface area contributed by atoms with Crippen LogP contribution in [0.5, 0.6) is 5.75 Å². The molecule has 0 amide bonds. The maximum Gasteiger partial charge on any atom is 0.266 e. The Hall–Kier alpha value is -2.62. The summed E-state index contributed by atoms with van der Waals surface area (Å²) in [6.45, 7) is 2.07. The average molecular weight is 508 g/mol. The molecule has 2 aromatic carbocycles. The van der Waals surface area contributed by atoms with Crippen LogP contribution in [0.15, 0.2) is 24.3 Å². The van der Waals surface area contributed by atoms with Gasteiger partial charge in [0.25, 0.3) is 6.43 Å². The third-order valence-electron chi connectivity index (χ3n) is 7.01. The predicted octanol–water partition coefficient (Wildman–Crippen LogP) is 5.59. The van der Waals surface area contributed by atoms with Crippen LogP contribution >= 0.6 is 11.6 Å². The zero-order valence-corrected chi connectivity index (χ0v) is 19.7. The van der Waals surface area contributed by atoms with Crippen molar-refractivity contribution in [1.29, 1.82) is 0 Å². The molecule has 1 aliphatic carbocycles. The van der Waals surface area contributed by atoms with Crippen LogP contribution in [0.4, 0.5) is 19.0 Å². The summed E-state index contributed by atoms with van der Waals surface area (Å²) in [7, 11) is 0. The summed E-state index contributed by atoms with van der Waals surface area (Å²) in [5, 5.41) is 25.1. The summed E-state index contributed by atoms with van der Waals surface area (Å²) in [6, 6.07) is 4.93. The van der Waals surface area contributed by atoms with Crippen LogP contribution in [0, 0.1) is 5.82 Å². The minimum atomic E-state index is -2.93. The van der Waals surface area contributed by atoms with Crippen LogP contribution in [0.3, 0.4) is 0 Å². The van der Waals surface area contributed by atoms with Gasteiger partial charge in [-0.1, -0.05) is 18.2 Å². The molecular formula is C25H25ClF3N3O3. The van der Waals surface area contributed by atoms with Gasteiger partial charge in [0.2, 0.25) is 5.28 Å². The van der Waals surface area contributed by atoms with Gasteiger partial charge in [0.1, 0.15) is 17.4 Å². The van der Waals surface area contributed by atoms with Gasteiger partial charge in [-0.3, -0.25) is 0 Å². The maximum absolute atomic E-state index is 14.8. The van der Waals surface area contributed by atoms with E-state index in [1.165, 1.54) is 12.1 Å². The lowest BCUT2D eigenvalue weighted by Gasteiger charge is -2.35. The Morgan fingerprint density at radius 3 is 2.63 bits per heavy atom. The van der Waals surface area contributed by atoms with Crippen LogP contribution in [0.1, 0.15) is 67.3 Å². The lowest BCUT2D eigenvalue weighted by atomic mass is 9.77. The first-order valence-electron chi connectivity index (χ1n) is 11.6. The maximum atomic E-state index is 14.8. The molecule has 0 bridgehead atoms. The van der Waals surface area contributed by atoms with E-state index in [-0.39, 0.29) is 10.8 Å². The van der Waals surface area contributed by atoms with Crippen molar-refractivity contribution in [3.05, 3.63) is 57.6 Å². The van der Waals surface area contributed by atoms with Crippen LogP contribution in [0.25, 0.3) is 10.9 Å². The lowest BCUT2D eigenvalue weighted by molar-refractivity contribution is -0.0373. The van der Waals surface area contributed by atoms with Crippen LogP contribution in [-0.4, -0.2) is 32.9 Å². The topological polar surface area (TPSA) is 87.5 Å². The van der Waals surface area contributed by atoms with E-state index in [1.807, 2.05) is 0 Å². The molecule has 0 spiro atoms. The number of nitrogens with zero attached hydrogens (tertiary/aromatic N) is 2. The highest BCUT2D eigenvalue weighted by molar-refractivity contribution is 6.29. The lowest BCUT2D eigenvalue weighted by Crippen LogP contribution is -2.33. The number of aliphatic hydroxyl groups is 2. The standard InChI is InChI=1S/C25H25ClF3N3O3/c1-12(14-3-2-4-15(19(14)27)22(28)29)30-23-17-11-18(25(34)8-5-13(33)6-9-25)21-16(7-10-35-21)20(17)31-24(26)32-23/h2-4,11-13,22,33-34H,5-10H2,1H3,(H,30,31,32)/t12-,13-,25+/m1/s1.